The van der Waals surface area contributed by atoms with E-state index < -0.39 is 66.6 Å². The zero-order chi connectivity index (χ0) is 67.5. The van der Waals surface area contributed by atoms with Gasteiger partial charge in [-0.25, -0.2) is 37.0 Å². The van der Waals surface area contributed by atoms with Crippen molar-refractivity contribution in [2.45, 2.75) is 101 Å². The zero-order valence-corrected chi connectivity index (χ0v) is 67.0. The normalized spacial score (nSPS) is 11.0. The third-order valence-electron chi connectivity index (χ3n) is 7.18. The smallest absolute Gasteiger partial charge is 1.00 e. The molecule has 0 fully saturated rings. The molecule has 35 heteroatoms. The number of hydrogen-bond donors (Lipinski definition) is 5. The van der Waals surface area contributed by atoms with E-state index >= 15 is 0 Å². The second-order valence-corrected chi connectivity index (χ2v) is 55.5. The van der Waals surface area contributed by atoms with Crippen LogP contribution in [0.2, 0.25) is 79.0 Å². The summed E-state index contributed by atoms with van der Waals surface area (Å²) in [6.07, 6.45) is 1.26. The molecule has 0 saturated heterocycles. The summed E-state index contributed by atoms with van der Waals surface area (Å²) in [6.45, 7) is 22.3. The number of halogens is 13. The summed E-state index contributed by atoms with van der Waals surface area (Å²) in [5.41, 5.74) is 10.6. The quantitative estimate of drug-likeness (QED) is 0.0222. The number of carbonyl (C=O) groups excluding carboxylic acids is 1. The van der Waals surface area contributed by atoms with Crippen LogP contribution in [-0.2, 0) is 52.0 Å². The summed E-state index contributed by atoms with van der Waals surface area (Å²) in [5, 5.41) is 26.6. The molecule has 4 aromatic rings. The number of aliphatic imine (C=N–C) groups is 1. The number of sulfonamides is 3. The standard InChI is InChI=1S/2C11H15Cl2NO2SSi.C11H13ClSi.C8H6ClNO2S.C2H2ClNO.2C2H6.CH4ClN.CH2O2.2CH4.4ClH.FH.K.Ti/c2*1-18(2,3)11(17(14,15)16)10(13)8-5-4-6-9(12)7-8;1-13(2,3)8-7-10-5-4-6-11(12)9-10;9-8-3-1-2-7(6-8)4-5-13(10,11)12;3-1-4-2-5;2*1-2;2*2-1-3;;;;;;;;;/h2*4-7H,1-3H3,(H2,14,15,16);4-6,9H,1-3H3;1-3,6H,(H2,10,11,12);1H2;2*1-2H3;1,3H2;1H,(H,2,3);2*1H4;5*1H;;/q;;;;;;;;;;;;;;;;+1;+4/p-5/b2*11-10+;;;;;;;;;;;;;;;;/i;;;;;2*1D;;;;;;;;;;;. The molecule has 0 aliphatic rings. The molecule has 486 valence electrons. The van der Waals surface area contributed by atoms with E-state index in [9.17, 15) is 25.3 Å². The summed E-state index contributed by atoms with van der Waals surface area (Å²) in [7, 11) is 3.03. The summed E-state index contributed by atoms with van der Waals surface area (Å²) in [4.78, 5) is 20.3. The monoisotopic (exact) mass is 1610 g/mol. The van der Waals surface area contributed by atoms with Crippen LogP contribution >= 0.6 is 130 Å². The number of nitrogens with two attached hydrogens (primary N) is 4. The Morgan fingerprint density at radius 3 is 1.07 bits per heavy atom. The van der Waals surface area contributed by atoms with Crippen LogP contribution in [0.15, 0.2) is 111 Å². The first-order valence-electron chi connectivity index (χ1n) is 23.8. The van der Waals surface area contributed by atoms with Crippen LogP contribution in [0.25, 0.3) is 10.1 Å². The van der Waals surface area contributed by atoms with E-state index in [4.69, 9.17) is 158 Å². The third kappa shape index (κ3) is 65.9. The molecular formula is C51H77Cl12FKN5O9S3Si3Ti. The van der Waals surface area contributed by atoms with Gasteiger partial charge in [-0.3, -0.25) is 4.79 Å². The molecule has 0 aromatic heterocycles. The Bertz CT molecular complexity index is 3090. The van der Waals surface area contributed by atoms with E-state index in [1.165, 1.54) is 6.08 Å². The fourth-order valence-electron chi connectivity index (χ4n) is 4.82. The maximum absolute atomic E-state index is 11.7. The van der Waals surface area contributed by atoms with Gasteiger partial charge in [0, 0.05) is 39.2 Å². The predicted molar refractivity (Wildman–Crippen MR) is 376 cm³/mol. The number of carboxylic acid groups (broad SMARTS) is 1. The molecule has 4 rings (SSSR count). The first-order valence-corrected chi connectivity index (χ1v) is 49.4. The molecule has 4 aromatic carbocycles. The first kappa shape index (κ1) is 103. The summed E-state index contributed by atoms with van der Waals surface area (Å²) in [6, 6.07) is 27.9. The van der Waals surface area contributed by atoms with Crippen molar-refractivity contribution in [1.82, 2.24) is 0 Å². The van der Waals surface area contributed by atoms with Gasteiger partial charge in [-0.05, 0) is 77.7 Å². The topological polar surface area (TPSA) is 273 Å². The molecule has 0 aliphatic heterocycles. The SMILES string of the molecule is C.C.C[Si](C)(C)/C(=C(/Cl)c1cccc(Cl)c1)S(N)(=O)=O.C[Si](C)(C)/C(=C(/Cl)c1cccc(Cl)c1)S(N)(=O)=O.C[Si](C)(C)C#Cc1cccc(Cl)c1.NCCl.NS(=O)(=O)C#Cc1cccc(Cl)c1.O=C=NCCl.O=CO.[2H]CC.[2H]CC.[Cl][Ti]([Cl])([Cl])[Cl].[F-].[K+]. The average Bonchev–Trinajstić information content (AvgIpc) is 3.30. The molecule has 0 unspecified atom stereocenters. The van der Waals surface area contributed by atoms with Crippen LogP contribution in [-0.4, -0.2) is 79.1 Å². The van der Waals surface area contributed by atoms with Gasteiger partial charge < -0.3 is 15.5 Å². The van der Waals surface area contributed by atoms with Crippen LogP contribution in [0.3, 0.4) is 0 Å². The molecule has 0 radical (unpaired) electrons. The molecule has 86 heavy (non-hydrogen) atoms. The zero-order valence-electron chi connectivity index (χ0n) is 49.8. The molecule has 0 atom stereocenters. The Labute approximate surface area is 620 Å². The molecule has 0 saturated carbocycles. The van der Waals surface area contributed by atoms with Crippen molar-refractivity contribution >= 4 is 207 Å². The van der Waals surface area contributed by atoms with Gasteiger partial charge in [0.2, 0.25) is 26.1 Å². The van der Waals surface area contributed by atoms with Crippen LogP contribution in [0.5, 0.6) is 0 Å². The van der Waals surface area contributed by atoms with E-state index in [1.807, 2.05) is 68.8 Å². The van der Waals surface area contributed by atoms with Crippen molar-refractivity contribution in [2.24, 2.45) is 26.1 Å². The van der Waals surface area contributed by atoms with Crippen molar-refractivity contribution < 1.29 is 111 Å². The molecule has 0 amide bonds. The maximum Gasteiger partial charge on any atom is 1.00 e. The molecule has 0 spiro atoms. The minimum Gasteiger partial charge on any atom is -1.00 e. The predicted octanol–water partition coefficient (Wildman–Crippen LogP) is 11.8. The van der Waals surface area contributed by atoms with Crippen LogP contribution in [0.1, 0.15) is 67.5 Å². The van der Waals surface area contributed by atoms with E-state index in [-0.39, 0.29) is 109 Å². The Kier molecular flexibility index (Phi) is 67.9. The Balaban J connectivity index is -0.000000103. The summed E-state index contributed by atoms with van der Waals surface area (Å²) in [5.74, 6) is 5.53. The number of benzene rings is 4. The van der Waals surface area contributed by atoms with E-state index in [0.29, 0.717) is 45.6 Å². The van der Waals surface area contributed by atoms with Crippen LogP contribution in [0, 0.1) is 22.6 Å². The van der Waals surface area contributed by atoms with Crippen molar-refractivity contribution in [3.63, 3.8) is 0 Å². The number of isocyanates is 1. The fraction of sp³-hybridized carbons (Fsp3) is 0.333. The molecule has 9 N–H and O–H groups in total. The van der Waals surface area contributed by atoms with Crippen molar-refractivity contribution in [2.75, 3.05) is 12.0 Å². The summed E-state index contributed by atoms with van der Waals surface area (Å²) < 4.78 is 80.5. The Morgan fingerprint density at radius 1 is 0.628 bits per heavy atom. The van der Waals surface area contributed by atoms with Gasteiger partial charge in [0.1, 0.15) is 14.1 Å². The second kappa shape index (κ2) is 56.9. The fourth-order valence-corrected chi connectivity index (χ4v) is 18.2. The van der Waals surface area contributed by atoms with Gasteiger partial charge in [0.15, 0.2) is 0 Å². The molecular weight excluding hydrogens is 1540 g/mol. The average molecular weight is 1620 g/mol. The molecule has 0 heterocycles. The molecule has 0 bridgehead atoms. The van der Waals surface area contributed by atoms with Gasteiger partial charge in [-0.15, -0.1) is 17.1 Å². The van der Waals surface area contributed by atoms with E-state index in [2.05, 4.69) is 52.9 Å². The van der Waals surface area contributed by atoms with Crippen molar-refractivity contribution in [3.8, 4) is 22.6 Å². The second-order valence-electron chi connectivity index (χ2n) is 17.2. The maximum atomic E-state index is 11.7. The van der Waals surface area contributed by atoms with Crippen molar-refractivity contribution in [3.05, 3.63) is 148 Å². The van der Waals surface area contributed by atoms with Crippen LogP contribution in [0.4, 0.5) is 0 Å². The number of carbonyl (C=O) groups is 1. The largest absolute Gasteiger partial charge is 1.00 e. The van der Waals surface area contributed by atoms with Crippen LogP contribution < -0.4 is 77.2 Å². The van der Waals surface area contributed by atoms with E-state index in [1.54, 1.807) is 86.6 Å². The third-order valence-corrected chi connectivity index (χ3v) is 21.0. The number of rotatable bonds is 7. The summed E-state index contributed by atoms with van der Waals surface area (Å²) >= 11 is 42.2. The molecule has 0 aliphatic carbocycles. The number of primary sulfonamides is 3. The van der Waals surface area contributed by atoms with Gasteiger partial charge in [0.05, 0.1) is 41.3 Å². The number of hydrogen-bond acceptors (Lipinski definition) is 10. The minimum atomic E-state index is -3.82. The number of nitrogens with zero attached hydrogens (tertiary/aromatic N) is 1. The van der Waals surface area contributed by atoms with Gasteiger partial charge in [-0.1, -0.05) is 225 Å². The number of alkyl halides is 2. The van der Waals surface area contributed by atoms with Gasteiger partial charge in [-0.2, -0.15) is 13.4 Å². The Morgan fingerprint density at radius 2 is 0.884 bits per heavy atom. The van der Waals surface area contributed by atoms with E-state index in [0.717, 1.165) is 10.6 Å². The Hall–Kier alpha value is 0.431. The minimum absolute atomic E-state index is 0. The van der Waals surface area contributed by atoms with Gasteiger partial charge in [0.25, 0.3) is 16.5 Å². The van der Waals surface area contributed by atoms with Gasteiger partial charge >= 0.3 is 101 Å². The van der Waals surface area contributed by atoms with Crippen molar-refractivity contribution in [1.29, 1.82) is 0 Å². The first-order chi connectivity index (χ1) is 38.1. The molecule has 14 nitrogen and oxygen atoms in total.